The van der Waals surface area contributed by atoms with Crippen LogP contribution in [-0.4, -0.2) is 0 Å². The SMILES string of the molecule is N#C/C(=C/c1ccc(-c2ccc(C#N)cc2)o1)c1ccc(F)cc1. The second kappa shape index (κ2) is 6.64. The molecular formula is C20H11FN2O. The largest absolute Gasteiger partial charge is 0.457 e. The molecule has 0 amide bonds. The standard InChI is InChI=1S/C20H11FN2O/c21-18-7-5-15(6-8-18)17(13-23)11-19-9-10-20(24-19)16-3-1-14(12-22)2-4-16/h1-11H/b17-11-. The van der Waals surface area contributed by atoms with E-state index >= 15 is 0 Å². The van der Waals surface area contributed by atoms with Crippen molar-refractivity contribution in [3.8, 4) is 23.5 Å². The lowest BCUT2D eigenvalue weighted by atomic mass is 10.1. The summed E-state index contributed by atoms with van der Waals surface area (Å²) in [4.78, 5) is 0. The lowest BCUT2D eigenvalue weighted by Crippen LogP contribution is -1.82. The fourth-order valence-corrected chi connectivity index (χ4v) is 2.25. The van der Waals surface area contributed by atoms with Gasteiger partial charge in [-0.2, -0.15) is 10.5 Å². The third kappa shape index (κ3) is 3.24. The highest BCUT2D eigenvalue weighted by Gasteiger charge is 2.06. The number of hydrogen-bond donors (Lipinski definition) is 0. The first kappa shape index (κ1) is 15.3. The molecule has 3 nitrogen and oxygen atoms in total. The second-order valence-electron chi connectivity index (χ2n) is 5.07. The van der Waals surface area contributed by atoms with Crippen LogP contribution in [0.15, 0.2) is 65.1 Å². The Labute approximate surface area is 138 Å². The Morgan fingerprint density at radius 1 is 0.917 bits per heavy atom. The van der Waals surface area contributed by atoms with E-state index in [0.717, 1.165) is 5.56 Å². The Hall–Kier alpha value is -3.63. The highest BCUT2D eigenvalue weighted by molar-refractivity contribution is 5.88. The van der Waals surface area contributed by atoms with Crippen molar-refractivity contribution in [1.82, 2.24) is 0 Å². The highest BCUT2D eigenvalue weighted by atomic mass is 19.1. The van der Waals surface area contributed by atoms with Crippen molar-refractivity contribution in [2.75, 3.05) is 0 Å². The molecule has 24 heavy (non-hydrogen) atoms. The van der Waals surface area contributed by atoms with E-state index in [1.54, 1.807) is 54.6 Å². The molecule has 0 spiro atoms. The van der Waals surface area contributed by atoms with Crippen LogP contribution in [0.25, 0.3) is 23.0 Å². The lowest BCUT2D eigenvalue weighted by molar-refractivity contribution is 0.572. The molecule has 0 aliphatic heterocycles. The van der Waals surface area contributed by atoms with Gasteiger partial charge in [0.25, 0.3) is 0 Å². The van der Waals surface area contributed by atoms with Crippen LogP contribution in [0.4, 0.5) is 4.39 Å². The minimum absolute atomic E-state index is 0.350. The molecular weight excluding hydrogens is 303 g/mol. The van der Waals surface area contributed by atoms with Crippen LogP contribution in [0.5, 0.6) is 0 Å². The molecule has 3 aromatic rings. The first-order valence-corrected chi connectivity index (χ1v) is 7.18. The van der Waals surface area contributed by atoms with Crippen molar-refractivity contribution < 1.29 is 8.81 Å². The van der Waals surface area contributed by atoms with Crippen molar-refractivity contribution in [2.24, 2.45) is 0 Å². The van der Waals surface area contributed by atoms with Gasteiger partial charge in [-0.3, -0.25) is 0 Å². The van der Waals surface area contributed by atoms with E-state index in [1.807, 2.05) is 0 Å². The molecule has 0 unspecified atom stereocenters. The van der Waals surface area contributed by atoms with Gasteiger partial charge in [0.15, 0.2) is 0 Å². The molecule has 0 saturated heterocycles. The second-order valence-corrected chi connectivity index (χ2v) is 5.07. The van der Waals surface area contributed by atoms with E-state index in [4.69, 9.17) is 9.68 Å². The summed E-state index contributed by atoms with van der Waals surface area (Å²) in [5.74, 6) is 0.814. The minimum atomic E-state index is -0.350. The minimum Gasteiger partial charge on any atom is -0.457 e. The average Bonchev–Trinajstić information content (AvgIpc) is 3.09. The molecule has 0 aliphatic rings. The molecule has 4 heteroatoms. The summed E-state index contributed by atoms with van der Waals surface area (Å²) >= 11 is 0. The summed E-state index contributed by atoms with van der Waals surface area (Å²) in [7, 11) is 0. The summed E-state index contributed by atoms with van der Waals surface area (Å²) < 4.78 is 18.7. The van der Waals surface area contributed by atoms with Crippen LogP contribution in [0, 0.1) is 28.5 Å². The number of furan rings is 1. The fraction of sp³-hybridized carbons (Fsp3) is 0. The van der Waals surface area contributed by atoms with Crippen LogP contribution in [0.2, 0.25) is 0 Å². The molecule has 0 bridgehead atoms. The Bertz CT molecular complexity index is 968. The van der Waals surface area contributed by atoms with E-state index in [1.165, 1.54) is 12.1 Å². The Balaban J connectivity index is 1.90. The number of benzene rings is 2. The summed E-state index contributed by atoms with van der Waals surface area (Å²) in [6.07, 6.45) is 1.61. The van der Waals surface area contributed by atoms with Crippen LogP contribution in [0.3, 0.4) is 0 Å². The zero-order valence-electron chi connectivity index (χ0n) is 12.5. The molecule has 3 rings (SSSR count). The third-order valence-corrected chi connectivity index (χ3v) is 3.49. The van der Waals surface area contributed by atoms with Gasteiger partial charge in [0.05, 0.1) is 23.3 Å². The maximum absolute atomic E-state index is 13.0. The van der Waals surface area contributed by atoms with E-state index in [9.17, 15) is 9.65 Å². The predicted molar refractivity (Wildman–Crippen MR) is 88.7 cm³/mol. The van der Waals surface area contributed by atoms with Gasteiger partial charge in [0, 0.05) is 5.56 Å². The molecule has 1 aromatic heterocycles. The molecule has 0 saturated carbocycles. The zero-order chi connectivity index (χ0) is 16.9. The monoisotopic (exact) mass is 314 g/mol. The summed E-state index contributed by atoms with van der Waals surface area (Å²) in [5.41, 5.74) is 2.42. The number of nitriles is 2. The molecule has 0 atom stereocenters. The van der Waals surface area contributed by atoms with Crippen molar-refractivity contribution in [3.05, 3.63) is 83.4 Å². The smallest absolute Gasteiger partial charge is 0.134 e. The maximum atomic E-state index is 13.0. The first-order chi connectivity index (χ1) is 11.7. The number of allylic oxidation sites excluding steroid dienone is 1. The molecule has 0 N–H and O–H groups in total. The maximum Gasteiger partial charge on any atom is 0.134 e. The average molecular weight is 314 g/mol. The van der Waals surface area contributed by atoms with Crippen LogP contribution in [0.1, 0.15) is 16.9 Å². The van der Waals surface area contributed by atoms with Gasteiger partial charge >= 0.3 is 0 Å². The molecule has 2 aromatic carbocycles. The number of nitrogens with zero attached hydrogens (tertiary/aromatic N) is 2. The van der Waals surface area contributed by atoms with Gasteiger partial charge < -0.3 is 4.42 Å². The Morgan fingerprint density at radius 2 is 1.62 bits per heavy atom. The van der Waals surface area contributed by atoms with Gasteiger partial charge in [-0.25, -0.2) is 4.39 Å². The van der Waals surface area contributed by atoms with E-state index < -0.39 is 0 Å². The topological polar surface area (TPSA) is 60.7 Å². The van der Waals surface area contributed by atoms with Crippen LogP contribution >= 0.6 is 0 Å². The van der Waals surface area contributed by atoms with E-state index in [0.29, 0.717) is 28.2 Å². The molecule has 114 valence electrons. The lowest BCUT2D eigenvalue weighted by Gasteiger charge is -1.99. The van der Waals surface area contributed by atoms with Crippen LogP contribution < -0.4 is 0 Å². The van der Waals surface area contributed by atoms with Crippen molar-refractivity contribution >= 4 is 11.6 Å². The van der Waals surface area contributed by atoms with Gasteiger partial charge in [-0.15, -0.1) is 0 Å². The fourth-order valence-electron chi connectivity index (χ4n) is 2.25. The molecule has 0 aliphatic carbocycles. The molecule has 0 fully saturated rings. The van der Waals surface area contributed by atoms with E-state index in [2.05, 4.69) is 12.1 Å². The van der Waals surface area contributed by atoms with Gasteiger partial charge in [-0.1, -0.05) is 12.1 Å². The van der Waals surface area contributed by atoms with Crippen molar-refractivity contribution in [1.29, 1.82) is 10.5 Å². The summed E-state index contributed by atoms with van der Waals surface area (Å²) in [6.45, 7) is 0. The van der Waals surface area contributed by atoms with Gasteiger partial charge in [0.2, 0.25) is 0 Å². The highest BCUT2D eigenvalue weighted by Crippen LogP contribution is 2.25. The van der Waals surface area contributed by atoms with Crippen molar-refractivity contribution in [2.45, 2.75) is 0 Å². The Kier molecular flexibility index (Phi) is 4.23. The summed E-state index contributed by atoms with van der Waals surface area (Å²) in [5, 5.41) is 18.1. The number of hydrogen-bond acceptors (Lipinski definition) is 3. The third-order valence-electron chi connectivity index (χ3n) is 3.49. The predicted octanol–water partition coefficient (Wildman–Crippen LogP) is 5.02. The molecule has 0 radical (unpaired) electrons. The summed E-state index contributed by atoms with van der Waals surface area (Å²) in [6, 6.07) is 20.5. The zero-order valence-corrected chi connectivity index (χ0v) is 12.5. The Morgan fingerprint density at radius 3 is 2.25 bits per heavy atom. The normalized spacial score (nSPS) is 10.9. The molecule has 1 heterocycles. The quantitative estimate of drug-likeness (QED) is 0.638. The van der Waals surface area contributed by atoms with Crippen LogP contribution in [-0.2, 0) is 0 Å². The number of halogens is 1. The first-order valence-electron chi connectivity index (χ1n) is 7.18. The van der Waals surface area contributed by atoms with Crippen molar-refractivity contribution in [3.63, 3.8) is 0 Å². The van der Waals surface area contributed by atoms with Gasteiger partial charge in [-0.05, 0) is 60.2 Å². The van der Waals surface area contributed by atoms with E-state index in [-0.39, 0.29) is 5.82 Å². The number of rotatable bonds is 3. The van der Waals surface area contributed by atoms with Gasteiger partial charge in [0.1, 0.15) is 17.3 Å².